The normalized spacial score (nSPS) is 20.5. The Kier molecular flexibility index (Phi) is 2.63. The van der Waals surface area contributed by atoms with Crippen molar-refractivity contribution in [1.29, 1.82) is 0 Å². The largest absolute Gasteiger partial charge is 0.326 e. The number of nitrogens with zero attached hydrogens (tertiary/aromatic N) is 2. The first-order valence-electron chi connectivity index (χ1n) is 4.61. The van der Waals surface area contributed by atoms with Gasteiger partial charge in [-0.05, 0) is 12.1 Å². The van der Waals surface area contributed by atoms with E-state index in [4.69, 9.17) is 4.52 Å². The number of carbonyl (C=O) groups excluding carboxylic acids is 1. The Bertz CT molecular complexity index is 397. The molecular weight excluding hydrogens is 211 g/mol. The van der Waals surface area contributed by atoms with Crippen LogP contribution in [0.1, 0.15) is 10.4 Å². The van der Waals surface area contributed by atoms with E-state index in [2.05, 4.69) is 0 Å². The van der Waals surface area contributed by atoms with Gasteiger partial charge in [0.15, 0.2) is 0 Å². The molecule has 4 nitrogen and oxygen atoms in total. The molecule has 1 aromatic carbocycles. The predicted octanol–water partition coefficient (Wildman–Crippen LogP) is 2.08. The molecule has 5 heteroatoms. The summed E-state index contributed by atoms with van der Waals surface area (Å²) >= 11 is 0. The Morgan fingerprint density at radius 3 is 2.53 bits per heavy atom. The summed E-state index contributed by atoms with van der Waals surface area (Å²) in [7, 11) is 4.33. The molecule has 1 heterocycles. The maximum Gasteiger partial charge on any atom is 0.261 e. The molecule has 0 bridgehead atoms. The number of hydrogen-bond donors (Lipinski definition) is 0. The fourth-order valence-electron chi connectivity index (χ4n) is 1.73. The molecule has 80 valence electrons. The summed E-state index contributed by atoms with van der Waals surface area (Å²) in [5, 5.41) is 0. The van der Waals surface area contributed by atoms with Crippen LogP contribution >= 0.6 is 8.45 Å². The van der Waals surface area contributed by atoms with E-state index >= 15 is 0 Å². The molecule has 1 unspecified atom stereocenters. The number of hydrogen-bond acceptors (Lipinski definition) is 3. The van der Waals surface area contributed by atoms with E-state index in [0.717, 1.165) is 11.3 Å². The average Bonchev–Trinajstić information content (AvgIpc) is 2.27. The molecule has 0 aliphatic carbocycles. The zero-order valence-corrected chi connectivity index (χ0v) is 9.86. The van der Waals surface area contributed by atoms with Gasteiger partial charge in [0.25, 0.3) is 5.91 Å². The summed E-state index contributed by atoms with van der Waals surface area (Å²) in [5.41, 5.74) is 1.67. The van der Waals surface area contributed by atoms with Crippen molar-refractivity contribution in [2.45, 2.75) is 0 Å². The molecule has 0 fully saturated rings. The van der Waals surface area contributed by atoms with Crippen LogP contribution in [-0.4, -0.2) is 31.8 Å². The number of para-hydroxylation sites is 1. The van der Waals surface area contributed by atoms with Gasteiger partial charge in [0.2, 0.25) is 8.45 Å². The van der Waals surface area contributed by atoms with Gasteiger partial charge in [0.1, 0.15) is 0 Å². The van der Waals surface area contributed by atoms with Crippen molar-refractivity contribution in [2.75, 3.05) is 25.9 Å². The second-order valence-electron chi connectivity index (χ2n) is 3.30. The van der Waals surface area contributed by atoms with Crippen molar-refractivity contribution in [2.24, 2.45) is 0 Å². The third-order valence-electron chi connectivity index (χ3n) is 2.45. The third kappa shape index (κ3) is 1.50. The van der Waals surface area contributed by atoms with E-state index in [0.29, 0.717) is 0 Å². The van der Waals surface area contributed by atoms with Crippen LogP contribution in [0.5, 0.6) is 0 Å². The number of rotatable bonds is 1. The van der Waals surface area contributed by atoms with Crippen LogP contribution < -0.4 is 4.67 Å². The number of anilines is 1. The zero-order chi connectivity index (χ0) is 11.0. The van der Waals surface area contributed by atoms with Crippen molar-refractivity contribution in [1.82, 2.24) is 4.67 Å². The molecule has 0 aromatic heterocycles. The van der Waals surface area contributed by atoms with Crippen molar-refractivity contribution in [3.8, 4) is 0 Å². The standard InChI is InChI=1S/C10H13N2O2P/c1-11-9-7-5-4-6-8(9)10(13)12(2)15(11)14-3/h4-7H,1-3H3. The highest BCUT2D eigenvalue weighted by Gasteiger charge is 2.34. The Labute approximate surface area is 90.4 Å². The van der Waals surface area contributed by atoms with Crippen molar-refractivity contribution in [3.63, 3.8) is 0 Å². The van der Waals surface area contributed by atoms with Crippen molar-refractivity contribution >= 4 is 20.0 Å². The lowest BCUT2D eigenvalue weighted by Crippen LogP contribution is -2.35. The molecule has 1 aromatic rings. The second kappa shape index (κ2) is 3.80. The molecule has 2 rings (SSSR count). The first kappa shape index (κ1) is 10.4. The van der Waals surface area contributed by atoms with Gasteiger partial charge in [0.05, 0.1) is 11.3 Å². The number of carbonyl (C=O) groups is 1. The molecule has 0 saturated heterocycles. The van der Waals surface area contributed by atoms with Crippen LogP contribution in [0, 0.1) is 0 Å². The summed E-state index contributed by atoms with van der Waals surface area (Å²) in [5.74, 6) is 0.0247. The van der Waals surface area contributed by atoms with E-state index in [9.17, 15) is 4.79 Å². The van der Waals surface area contributed by atoms with Crippen LogP contribution in [0.3, 0.4) is 0 Å². The first-order chi connectivity index (χ1) is 7.16. The number of amides is 1. The van der Waals surface area contributed by atoms with Crippen molar-refractivity contribution < 1.29 is 9.32 Å². The Balaban J connectivity index is 2.52. The van der Waals surface area contributed by atoms with Crippen LogP contribution in [0.4, 0.5) is 5.69 Å². The topological polar surface area (TPSA) is 32.8 Å². The Morgan fingerprint density at radius 1 is 1.20 bits per heavy atom. The Morgan fingerprint density at radius 2 is 1.87 bits per heavy atom. The summed E-state index contributed by atoms with van der Waals surface area (Å²) in [6.45, 7) is 0. The molecule has 0 saturated carbocycles. The van der Waals surface area contributed by atoms with Gasteiger partial charge in [-0.3, -0.25) is 9.46 Å². The summed E-state index contributed by atoms with van der Waals surface area (Å²) in [6, 6.07) is 7.58. The minimum atomic E-state index is -1.00. The van der Waals surface area contributed by atoms with E-state index in [1.54, 1.807) is 18.8 Å². The minimum Gasteiger partial charge on any atom is -0.326 e. The fourth-order valence-corrected chi connectivity index (χ4v) is 3.24. The molecule has 0 N–H and O–H groups in total. The lowest BCUT2D eigenvalue weighted by atomic mass is 10.1. The summed E-state index contributed by atoms with van der Waals surface area (Å²) in [6.07, 6.45) is 0. The molecule has 0 radical (unpaired) electrons. The summed E-state index contributed by atoms with van der Waals surface area (Å²) < 4.78 is 9.00. The molecule has 1 aliphatic heterocycles. The van der Waals surface area contributed by atoms with E-state index in [-0.39, 0.29) is 5.91 Å². The van der Waals surface area contributed by atoms with Gasteiger partial charge >= 0.3 is 0 Å². The minimum absolute atomic E-state index is 0.0247. The van der Waals surface area contributed by atoms with Crippen LogP contribution in [-0.2, 0) is 4.52 Å². The van der Waals surface area contributed by atoms with Crippen molar-refractivity contribution in [3.05, 3.63) is 29.8 Å². The number of fused-ring (bicyclic) bond motifs is 1. The van der Waals surface area contributed by atoms with Crippen LogP contribution in [0.15, 0.2) is 24.3 Å². The van der Waals surface area contributed by atoms with Gasteiger partial charge in [0, 0.05) is 21.2 Å². The highest BCUT2D eigenvalue weighted by Crippen LogP contribution is 2.50. The van der Waals surface area contributed by atoms with Gasteiger partial charge in [-0.1, -0.05) is 12.1 Å². The van der Waals surface area contributed by atoms with E-state index in [1.165, 1.54) is 0 Å². The maximum absolute atomic E-state index is 12.0. The van der Waals surface area contributed by atoms with Gasteiger partial charge in [-0.25, -0.2) is 0 Å². The first-order valence-corrected chi connectivity index (χ1v) is 5.78. The molecule has 1 atom stereocenters. The Hall–Kier alpha value is -1.12. The van der Waals surface area contributed by atoms with E-state index < -0.39 is 8.45 Å². The zero-order valence-electron chi connectivity index (χ0n) is 8.97. The molecule has 0 spiro atoms. The number of benzene rings is 1. The quantitative estimate of drug-likeness (QED) is 0.685. The SMILES string of the molecule is COP1N(C)C(=O)c2ccccc2N1C. The maximum atomic E-state index is 12.0. The highest BCUT2D eigenvalue weighted by atomic mass is 31.2. The lowest BCUT2D eigenvalue weighted by Gasteiger charge is -2.38. The van der Waals surface area contributed by atoms with Gasteiger partial charge in [-0.15, -0.1) is 0 Å². The monoisotopic (exact) mass is 224 g/mol. The molecule has 1 aliphatic rings. The van der Waals surface area contributed by atoms with Gasteiger partial charge < -0.3 is 9.19 Å². The van der Waals surface area contributed by atoms with Crippen LogP contribution in [0.2, 0.25) is 0 Å². The molecular formula is C10H13N2O2P. The second-order valence-corrected chi connectivity index (χ2v) is 5.38. The summed E-state index contributed by atoms with van der Waals surface area (Å²) in [4.78, 5) is 12.0. The fraction of sp³-hybridized carbons (Fsp3) is 0.300. The predicted molar refractivity (Wildman–Crippen MR) is 60.9 cm³/mol. The third-order valence-corrected chi connectivity index (χ3v) is 4.20. The highest BCUT2D eigenvalue weighted by molar-refractivity contribution is 7.52. The molecule has 15 heavy (non-hydrogen) atoms. The van der Waals surface area contributed by atoms with E-state index in [1.807, 2.05) is 36.0 Å². The van der Waals surface area contributed by atoms with Gasteiger partial charge in [-0.2, -0.15) is 0 Å². The van der Waals surface area contributed by atoms with Crippen LogP contribution in [0.25, 0.3) is 0 Å². The molecule has 1 amide bonds. The lowest BCUT2D eigenvalue weighted by molar-refractivity contribution is 0.0873. The smallest absolute Gasteiger partial charge is 0.261 e. The average molecular weight is 224 g/mol.